The van der Waals surface area contributed by atoms with Gasteiger partial charge in [-0.25, -0.2) is 0 Å². The van der Waals surface area contributed by atoms with Gasteiger partial charge in [-0.15, -0.1) is 0 Å². The van der Waals surface area contributed by atoms with Crippen molar-refractivity contribution in [3.05, 3.63) is 0 Å². The first-order chi connectivity index (χ1) is 4.61. The highest BCUT2D eigenvalue weighted by Gasteiger charge is 2.24. The zero-order chi connectivity index (χ0) is 7.61. The summed E-state index contributed by atoms with van der Waals surface area (Å²) in [5.41, 5.74) is -0.610. The molecule has 10 heavy (non-hydrogen) atoms. The average molecular weight is 161 g/mol. The van der Waals surface area contributed by atoms with E-state index in [2.05, 4.69) is 4.90 Å². The molecule has 0 amide bonds. The maximum Gasteiger partial charge on any atom is 0.112 e. The van der Waals surface area contributed by atoms with Gasteiger partial charge >= 0.3 is 0 Å². The van der Waals surface area contributed by atoms with Crippen LogP contribution in [0.5, 0.6) is 0 Å². The molecule has 0 saturated carbocycles. The minimum absolute atomic E-state index is 0.610. The monoisotopic (exact) mass is 161 g/mol. The van der Waals surface area contributed by atoms with Crippen LogP contribution in [0.1, 0.15) is 13.8 Å². The van der Waals surface area contributed by atoms with E-state index in [-0.39, 0.29) is 0 Å². The van der Waals surface area contributed by atoms with Crippen LogP contribution in [0.15, 0.2) is 0 Å². The molecule has 1 aliphatic heterocycles. The fraction of sp³-hybridized carbons (Fsp3) is 1.00. The Labute approximate surface area is 66.6 Å². The van der Waals surface area contributed by atoms with E-state index >= 15 is 0 Å². The second kappa shape index (κ2) is 3.11. The quantitative estimate of drug-likeness (QED) is 0.614. The Morgan fingerprint density at radius 1 is 1.30 bits per heavy atom. The van der Waals surface area contributed by atoms with Gasteiger partial charge in [0.05, 0.1) is 0 Å². The molecular formula is C7H15NOS. The van der Waals surface area contributed by atoms with E-state index in [9.17, 15) is 5.11 Å². The minimum atomic E-state index is -0.610. The normalized spacial score (nSPS) is 23.1. The molecule has 1 heterocycles. The van der Waals surface area contributed by atoms with E-state index in [1.165, 1.54) is 0 Å². The molecule has 2 nitrogen and oxygen atoms in total. The summed E-state index contributed by atoms with van der Waals surface area (Å²) < 4.78 is 0. The van der Waals surface area contributed by atoms with Crippen LogP contribution in [0.25, 0.3) is 0 Å². The summed E-state index contributed by atoms with van der Waals surface area (Å²) in [7, 11) is 0. The summed E-state index contributed by atoms with van der Waals surface area (Å²) in [5.74, 6) is 2.31. The summed E-state index contributed by atoms with van der Waals surface area (Å²) in [5, 5.41) is 9.56. The average Bonchev–Trinajstić information content (AvgIpc) is 1.88. The number of nitrogens with zero attached hydrogens (tertiary/aromatic N) is 1. The molecule has 0 spiro atoms. The molecule has 1 N–H and O–H groups in total. The summed E-state index contributed by atoms with van der Waals surface area (Å²) in [6.07, 6.45) is 0. The van der Waals surface area contributed by atoms with Gasteiger partial charge in [-0.05, 0) is 13.8 Å². The molecule has 0 aliphatic carbocycles. The van der Waals surface area contributed by atoms with Crippen molar-refractivity contribution in [2.75, 3.05) is 24.6 Å². The smallest absolute Gasteiger partial charge is 0.112 e. The lowest BCUT2D eigenvalue weighted by molar-refractivity contribution is -0.0727. The van der Waals surface area contributed by atoms with Crippen molar-refractivity contribution in [2.45, 2.75) is 19.6 Å². The topological polar surface area (TPSA) is 23.5 Å². The van der Waals surface area contributed by atoms with Gasteiger partial charge in [0.1, 0.15) is 5.72 Å². The van der Waals surface area contributed by atoms with E-state index in [1.54, 1.807) is 0 Å². The lowest BCUT2D eigenvalue weighted by Gasteiger charge is -2.36. The fourth-order valence-corrected chi connectivity index (χ4v) is 2.01. The van der Waals surface area contributed by atoms with Gasteiger partial charge in [-0.1, -0.05) is 0 Å². The lowest BCUT2D eigenvalue weighted by atomic mass is 10.2. The molecule has 0 aromatic carbocycles. The van der Waals surface area contributed by atoms with Crippen LogP contribution < -0.4 is 0 Å². The molecule has 0 unspecified atom stereocenters. The van der Waals surface area contributed by atoms with Crippen LogP contribution >= 0.6 is 11.8 Å². The minimum Gasteiger partial charge on any atom is -0.376 e. The highest BCUT2D eigenvalue weighted by molar-refractivity contribution is 7.99. The standard InChI is InChI=1S/C7H15NOS/c1-7(2,9)8-3-5-10-6-4-8/h9H,3-6H2,1-2H3. The Kier molecular flexibility index (Phi) is 2.61. The van der Waals surface area contributed by atoms with Gasteiger partial charge in [-0.3, -0.25) is 4.90 Å². The number of rotatable bonds is 1. The summed E-state index contributed by atoms with van der Waals surface area (Å²) >= 11 is 1.96. The summed E-state index contributed by atoms with van der Waals surface area (Å²) in [4.78, 5) is 2.11. The van der Waals surface area contributed by atoms with E-state index < -0.39 is 5.72 Å². The predicted octanol–water partition coefficient (Wildman–Crippen LogP) is 0.764. The van der Waals surface area contributed by atoms with Crippen molar-refractivity contribution in [1.29, 1.82) is 0 Å². The second-order valence-corrected chi connectivity index (χ2v) is 4.32. The number of thioether (sulfide) groups is 1. The first-order valence-electron chi connectivity index (χ1n) is 3.66. The largest absolute Gasteiger partial charge is 0.376 e. The number of hydrogen-bond donors (Lipinski definition) is 1. The Balaban J connectivity index is 2.39. The van der Waals surface area contributed by atoms with E-state index in [1.807, 2.05) is 25.6 Å². The van der Waals surface area contributed by atoms with Crippen molar-refractivity contribution in [2.24, 2.45) is 0 Å². The zero-order valence-electron chi connectivity index (χ0n) is 6.63. The Morgan fingerprint density at radius 2 is 1.80 bits per heavy atom. The first-order valence-corrected chi connectivity index (χ1v) is 4.81. The van der Waals surface area contributed by atoms with Gasteiger partial charge in [0, 0.05) is 24.6 Å². The molecule has 0 radical (unpaired) electrons. The number of hydrogen-bond acceptors (Lipinski definition) is 3. The van der Waals surface area contributed by atoms with Gasteiger partial charge in [0.2, 0.25) is 0 Å². The molecule has 1 fully saturated rings. The molecule has 60 valence electrons. The van der Waals surface area contributed by atoms with Gasteiger partial charge in [0.25, 0.3) is 0 Å². The van der Waals surface area contributed by atoms with E-state index in [0.29, 0.717) is 0 Å². The highest BCUT2D eigenvalue weighted by Crippen LogP contribution is 2.16. The van der Waals surface area contributed by atoms with E-state index in [0.717, 1.165) is 24.6 Å². The molecule has 1 aliphatic rings. The third-order valence-corrected chi connectivity index (χ3v) is 2.73. The van der Waals surface area contributed by atoms with Crippen molar-refractivity contribution in [3.8, 4) is 0 Å². The fourth-order valence-electron chi connectivity index (χ4n) is 1.11. The lowest BCUT2D eigenvalue weighted by Crippen LogP contribution is -2.47. The van der Waals surface area contributed by atoms with Crippen LogP contribution in [0.4, 0.5) is 0 Å². The maximum atomic E-state index is 9.56. The Bertz CT molecular complexity index is 105. The van der Waals surface area contributed by atoms with Gasteiger partial charge in [-0.2, -0.15) is 11.8 Å². The summed E-state index contributed by atoms with van der Waals surface area (Å²) in [6.45, 7) is 5.74. The number of aliphatic hydroxyl groups is 1. The third kappa shape index (κ3) is 2.15. The summed E-state index contributed by atoms with van der Waals surface area (Å²) in [6, 6.07) is 0. The second-order valence-electron chi connectivity index (χ2n) is 3.09. The van der Waals surface area contributed by atoms with Crippen LogP contribution in [0.3, 0.4) is 0 Å². The van der Waals surface area contributed by atoms with Crippen LogP contribution in [0, 0.1) is 0 Å². The molecule has 0 aromatic heterocycles. The van der Waals surface area contributed by atoms with Crippen LogP contribution in [-0.4, -0.2) is 40.3 Å². The molecule has 0 aromatic rings. The molecule has 3 heteroatoms. The van der Waals surface area contributed by atoms with Gasteiger partial charge in [0.15, 0.2) is 0 Å². The van der Waals surface area contributed by atoms with Crippen molar-refractivity contribution in [1.82, 2.24) is 4.90 Å². The molecule has 1 rings (SSSR count). The molecule has 0 bridgehead atoms. The Morgan fingerprint density at radius 3 is 2.10 bits per heavy atom. The van der Waals surface area contributed by atoms with Crippen molar-refractivity contribution < 1.29 is 5.11 Å². The predicted molar refractivity (Wildman–Crippen MR) is 45.2 cm³/mol. The molecular weight excluding hydrogens is 146 g/mol. The highest BCUT2D eigenvalue weighted by atomic mass is 32.2. The first kappa shape index (κ1) is 8.37. The third-order valence-electron chi connectivity index (χ3n) is 1.78. The molecule has 0 atom stereocenters. The van der Waals surface area contributed by atoms with E-state index in [4.69, 9.17) is 0 Å². The van der Waals surface area contributed by atoms with Gasteiger partial charge < -0.3 is 5.11 Å². The Hall–Kier alpha value is 0.270. The zero-order valence-corrected chi connectivity index (χ0v) is 7.45. The van der Waals surface area contributed by atoms with Crippen LogP contribution in [-0.2, 0) is 0 Å². The van der Waals surface area contributed by atoms with Crippen LogP contribution in [0.2, 0.25) is 0 Å². The van der Waals surface area contributed by atoms with Crippen molar-refractivity contribution in [3.63, 3.8) is 0 Å². The SMILES string of the molecule is CC(C)(O)N1CCSCC1. The molecule has 1 saturated heterocycles. The van der Waals surface area contributed by atoms with Crippen molar-refractivity contribution >= 4 is 11.8 Å². The maximum absolute atomic E-state index is 9.56.